The van der Waals surface area contributed by atoms with Crippen LogP contribution in [0.15, 0.2) is 0 Å². The van der Waals surface area contributed by atoms with Crippen LogP contribution in [0.2, 0.25) is 0 Å². The second-order valence-electron chi connectivity index (χ2n) is 6.04. The quantitative estimate of drug-likeness (QED) is 0.797. The van der Waals surface area contributed by atoms with E-state index in [0.717, 1.165) is 12.5 Å². The molecule has 0 bridgehead atoms. The van der Waals surface area contributed by atoms with Gasteiger partial charge in [0.05, 0.1) is 18.2 Å². The largest absolute Gasteiger partial charge is 0.369 e. The number of hydrogen-bond donors (Lipinski definition) is 1. The number of ether oxygens (including phenoxy) is 1. The van der Waals surface area contributed by atoms with Crippen molar-refractivity contribution in [3.05, 3.63) is 0 Å². The van der Waals surface area contributed by atoms with Gasteiger partial charge < -0.3 is 15.0 Å². The Kier molecular flexibility index (Phi) is 3.73. The molecule has 1 N–H and O–H groups in total. The fourth-order valence-electron chi connectivity index (χ4n) is 2.46. The SMILES string of the molecule is CC1CN(C(=O)CNCC2CC2)CC(C)(C)O1. The number of nitrogens with one attached hydrogen (secondary N) is 1. The molecule has 2 aliphatic rings. The van der Waals surface area contributed by atoms with Crippen molar-refractivity contribution < 1.29 is 9.53 Å². The first-order chi connectivity index (χ1) is 7.96. The Hall–Kier alpha value is -0.610. The highest BCUT2D eigenvalue weighted by Gasteiger charge is 2.33. The van der Waals surface area contributed by atoms with Crippen molar-refractivity contribution in [1.82, 2.24) is 10.2 Å². The fourth-order valence-corrected chi connectivity index (χ4v) is 2.46. The summed E-state index contributed by atoms with van der Waals surface area (Å²) in [7, 11) is 0. The van der Waals surface area contributed by atoms with Crippen LogP contribution in [0.1, 0.15) is 33.6 Å². The minimum atomic E-state index is -0.218. The summed E-state index contributed by atoms with van der Waals surface area (Å²) in [5, 5.41) is 3.25. The van der Waals surface area contributed by atoms with E-state index < -0.39 is 0 Å². The molecule has 1 unspecified atom stereocenters. The Morgan fingerprint density at radius 1 is 1.47 bits per heavy atom. The second kappa shape index (κ2) is 4.94. The van der Waals surface area contributed by atoms with Gasteiger partial charge >= 0.3 is 0 Å². The number of hydrogen-bond acceptors (Lipinski definition) is 3. The summed E-state index contributed by atoms with van der Waals surface area (Å²) in [5.74, 6) is 1.02. The van der Waals surface area contributed by atoms with E-state index in [1.165, 1.54) is 12.8 Å². The fraction of sp³-hybridized carbons (Fsp3) is 0.923. The first-order valence-electron chi connectivity index (χ1n) is 6.62. The molecule has 0 radical (unpaired) electrons. The smallest absolute Gasteiger partial charge is 0.236 e. The number of nitrogens with zero attached hydrogens (tertiary/aromatic N) is 1. The molecule has 1 amide bonds. The highest BCUT2D eigenvalue weighted by molar-refractivity contribution is 5.78. The van der Waals surface area contributed by atoms with Gasteiger partial charge in [0.2, 0.25) is 5.91 Å². The van der Waals surface area contributed by atoms with Crippen molar-refractivity contribution in [2.24, 2.45) is 5.92 Å². The summed E-state index contributed by atoms with van der Waals surface area (Å²) < 4.78 is 5.79. The minimum Gasteiger partial charge on any atom is -0.369 e. The predicted molar refractivity (Wildman–Crippen MR) is 66.8 cm³/mol. The molecule has 0 aromatic carbocycles. The molecular formula is C13H24N2O2. The Bertz CT molecular complexity index is 287. The van der Waals surface area contributed by atoms with Crippen LogP contribution in [0, 0.1) is 5.92 Å². The molecule has 0 spiro atoms. The van der Waals surface area contributed by atoms with Crippen LogP contribution in [0.4, 0.5) is 0 Å². The Morgan fingerprint density at radius 3 is 2.76 bits per heavy atom. The predicted octanol–water partition coefficient (Wildman–Crippen LogP) is 1.01. The summed E-state index contributed by atoms with van der Waals surface area (Å²) in [4.78, 5) is 14.0. The lowest BCUT2D eigenvalue weighted by atomic mass is 10.1. The summed E-state index contributed by atoms with van der Waals surface area (Å²) >= 11 is 0. The van der Waals surface area contributed by atoms with Gasteiger partial charge in [0.1, 0.15) is 0 Å². The van der Waals surface area contributed by atoms with E-state index in [9.17, 15) is 4.79 Å². The molecule has 1 saturated heterocycles. The van der Waals surface area contributed by atoms with Crippen molar-refractivity contribution in [2.45, 2.75) is 45.3 Å². The molecule has 0 aromatic heterocycles. The molecule has 4 nitrogen and oxygen atoms in total. The number of rotatable bonds is 4. The van der Waals surface area contributed by atoms with Gasteiger partial charge in [-0.3, -0.25) is 4.79 Å². The van der Waals surface area contributed by atoms with Crippen LogP contribution in [0.3, 0.4) is 0 Å². The molecule has 1 atom stereocenters. The zero-order chi connectivity index (χ0) is 12.5. The van der Waals surface area contributed by atoms with Crippen LogP contribution >= 0.6 is 0 Å². The Labute approximate surface area is 104 Å². The van der Waals surface area contributed by atoms with E-state index >= 15 is 0 Å². The molecule has 1 aliphatic carbocycles. The number of carbonyl (C=O) groups excluding carboxylic acids is 1. The van der Waals surface area contributed by atoms with Crippen LogP contribution in [-0.4, -0.2) is 48.7 Å². The molecule has 98 valence electrons. The second-order valence-corrected chi connectivity index (χ2v) is 6.04. The zero-order valence-corrected chi connectivity index (χ0v) is 11.2. The molecule has 1 heterocycles. The van der Waals surface area contributed by atoms with Crippen LogP contribution < -0.4 is 5.32 Å². The number of morpholine rings is 1. The van der Waals surface area contributed by atoms with E-state index in [-0.39, 0.29) is 17.6 Å². The molecule has 1 saturated carbocycles. The van der Waals surface area contributed by atoms with E-state index in [2.05, 4.69) is 5.32 Å². The van der Waals surface area contributed by atoms with Gasteiger partial charge in [-0.05, 0) is 46.1 Å². The Balaban J connectivity index is 1.76. The van der Waals surface area contributed by atoms with Gasteiger partial charge in [-0.15, -0.1) is 0 Å². The van der Waals surface area contributed by atoms with E-state index in [4.69, 9.17) is 4.74 Å². The van der Waals surface area contributed by atoms with Crippen LogP contribution in [0.5, 0.6) is 0 Å². The van der Waals surface area contributed by atoms with Crippen molar-refractivity contribution in [3.8, 4) is 0 Å². The third kappa shape index (κ3) is 3.96. The van der Waals surface area contributed by atoms with E-state index in [1.807, 2.05) is 25.7 Å². The highest BCUT2D eigenvalue weighted by atomic mass is 16.5. The molecule has 17 heavy (non-hydrogen) atoms. The van der Waals surface area contributed by atoms with Crippen molar-refractivity contribution in [1.29, 1.82) is 0 Å². The molecular weight excluding hydrogens is 216 g/mol. The zero-order valence-electron chi connectivity index (χ0n) is 11.2. The van der Waals surface area contributed by atoms with Gasteiger partial charge in [-0.25, -0.2) is 0 Å². The topological polar surface area (TPSA) is 41.6 Å². The van der Waals surface area contributed by atoms with E-state index in [1.54, 1.807) is 0 Å². The molecule has 4 heteroatoms. The third-order valence-corrected chi connectivity index (χ3v) is 3.33. The average Bonchev–Trinajstić information content (AvgIpc) is 2.98. The van der Waals surface area contributed by atoms with Gasteiger partial charge in [-0.2, -0.15) is 0 Å². The maximum atomic E-state index is 12.0. The van der Waals surface area contributed by atoms with Gasteiger partial charge in [-0.1, -0.05) is 0 Å². The maximum Gasteiger partial charge on any atom is 0.236 e. The van der Waals surface area contributed by atoms with Crippen LogP contribution in [-0.2, 0) is 9.53 Å². The molecule has 2 rings (SSSR count). The number of amides is 1. The summed E-state index contributed by atoms with van der Waals surface area (Å²) in [6.07, 6.45) is 2.78. The van der Waals surface area contributed by atoms with E-state index in [0.29, 0.717) is 19.6 Å². The maximum absolute atomic E-state index is 12.0. The molecule has 0 aromatic rings. The van der Waals surface area contributed by atoms with Gasteiger partial charge in [0.15, 0.2) is 0 Å². The third-order valence-electron chi connectivity index (χ3n) is 3.33. The normalized spacial score (nSPS) is 28.2. The first-order valence-corrected chi connectivity index (χ1v) is 6.62. The van der Waals surface area contributed by atoms with Crippen molar-refractivity contribution in [3.63, 3.8) is 0 Å². The summed E-state index contributed by atoms with van der Waals surface area (Å²) in [6, 6.07) is 0. The Morgan fingerprint density at radius 2 is 2.18 bits per heavy atom. The van der Waals surface area contributed by atoms with Crippen molar-refractivity contribution in [2.75, 3.05) is 26.2 Å². The number of carbonyl (C=O) groups is 1. The van der Waals surface area contributed by atoms with Crippen LogP contribution in [0.25, 0.3) is 0 Å². The standard InChI is InChI=1S/C13H24N2O2/c1-10-8-15(9-13(2,3)17-10)12(16)7-14-6-11-4-5-11/h10-11,14H,4-9H2,1-3H3. The molecule has 2 fully saturated rings. The lowest BCUT2D eigenvalue weighted by molar-refractivity contribution is -0.157. The average molecular weight is 240 g/mol. The monoisotopic (exact) mass is 240 g/mol. The summed E-state index contributed by atoms with van der Waals surface area (Å²) in [5.41, 5.74) is -0.218. The van der Waals surface area contributed by atoms with Gasteiger partial charge in [0, 0.05) is 13.1 Å². The van der Waals surface area contributed by atoms with Crippen molar-refractivity contribution >= 4 is 5.91 Å². The minimum absolute atomic E-state index is 0.131. The molecule has 1 aliphatic heterocycles. The summed E-state index contributed by atoms with van der Waals surface area (Å²) in [6.45, 7) is 8.99. The first kappa shape index (κ1) is 12.8. The highest BCUT2D eigenvalue weighted by Crippen LogP contribution is 2.27. The van der Waals surface area contributed by atoms with Gasteiger partial charge in [0.25, 0.3) is 0 Å². The lowest BCUT2D eigenvalue weighted by Crippen LogP contribution is -2.55. The lowest BCUT2D eigenvalue weighted by Gasteiger charge is -2.41.